The van der Waals surface area contributed by atoms with Crippen LogP contribution in [0.5, 0.6) is 0 Å². The molecular weight excluding hydrogens is 398 g/mol. The van der Waals surface area contributed by atoms with E-state index in [1.54, 1.807) is 0 Å². The van der Waals surface area contributed by atoms with E-state index in [1.807, 2.05) is 6.08 Å². The molecule has 1 aliphatic heterocycles. The summed E-state index contributed by atoms with van der Waals surface area (Å²) in [7, 11) is 0. The van der Waals surface area contributed by atoms with Gasteiger partial charge in [-0.1, -0.05) is 31.5 Å². The first-order chi connectivity index (χ1) is 15.3. The summed E-state index contributed by atoms with van der Waals surface area (Å²) in [5.74, 6) is 4.78. The predicted molar refractivity (Wildman–Crippen MR) is 126 cm³/mol. The molecule has 174 valence electrons. The van der Waals surface area contributed by atoms with Crippen LogP contribution >= 0.6 is 0 Å². The standard InChI is InChI=1S/C27H39N3O2/c1-16(15-29-30-28)5-8-23-17(2)25-24(32-23)14-22-20-7-6-18-13-19(31)9-11-26(18,3)21(20)10-12-27(22,25)4/h13,16,20-22,24-25H,5-12,14-15H2,1-4H3/t16?,20-,21+,22+,24+,25+,26+,27+/m1/s1. The van der Waals surface area contributed by atoms with E-state index in [2.05, 4.69) is 37.7 Å². The fourth-order valence-electron chi connectivity index (χ4n) is 8.79. The van der Waals surface area contributed by atoms with Gasteiger partial charge in [-0.2, -0.15) is 0 Å². The third-order valence-corrected chi connectivity index (χ3v) is 10.5. The van der Waals surface area contributed by atoms with E-state index in [9.17, 15) is 4.79 Å². The van der Waals surface area contributed by atoms with Crippen molar-refractivity contribution in [3.05, 3.63) is 33.4 Å². The lowest BCUT2D eigenvalue weighted by Gasteiger charge is -2.58. The Morgan fingerprint density at radius 1 is 1.25 bits per heavy atom. The van der Waals surface area contributed by atoms with Gasteiger partial charge in [0, 0.05) is 30.2 Å². The summed E-state index contributed by atoms with van der Waals surface area (Å²) in [6.07, 6.45) is 12.3. The molecule has 1 heterocycles. The second kappa shape index (κ2) is 7.94. The summed E-state index contributed by atoms with van der Waals surface area (Å²) in [5, 5.41) is 3.74. The molecule has 0 aromatic carbocycles. The van der Waals surface area contributed by atoms with E-state index in [1.165, 1.54) is 42.6 Å². The molecule has 0 amide bonds. The van der Waals surface area contributed by atoms with Gasteiger partial charge < -0.3 is 4.74 Å². The second-order valence-corrected chi connectivity index (χ2v) is 12.0. The number of hydrogen-bond acceptors (Lipinski definition) is 3. The van der Waals surface area contributed by atoms with Gasteiger partial charge in [0.1, 0.15) is 6.10 Å². The Hall–Kier alpha value is -1.74. The van der Waals surface area contributed by atoms with Gasteiger partial charge in [0.05, 0.1) is 5.76 Å². The van der Waals surface area contributed by atoms with E-state index < -0.39 is 0 Å². The smallest absolute Gasteiger partial charge is 0.155 e. The highest BCUT2D eigenvalue weighted by atomic mass is 16.5. The SMILES string of the molecule is CC1=C(CCC(C)CN=[N+]=[N-])O[C@H]2C[C@H]3[C@@H]4CCC5=CC(=O)CC[C@]5(C)[C@H]4CC[C@]3(C)[C@@H]12. The molecule has 0 aromatic rings. The Morgan fingerprint density at radius 3 is 2.84 bits per heavy atom. The van der Waals surface area contributed by atoms with Crippen LogP contribution in [0.3, 0.4) is 0 Å². The summed E-state index contributed by atoms with van der Waals surface area (Å²) in [6, 6.07) is 0. The minimum atomic E-state index is 0.245. The van der Waals surface area contributed by atoms with Crippen LogP contribution in [-0.4, -0.2) is 18.4 Å². The third-order valence-electron chi connectivity index (χ3n) is 10.5. The Labute approximate surface area is 192 Å². The van der Waals surface area contributed by atoms with Gasteiger partial charge in [-0.15, -0.1) is 0 Å². The highest BCUT2D eigenvalue weighted by Crippen LogP contribution is 2.69. The average Bonchev–Trinajstić information content (AvgIpc) is 3.24. The van der Waals surface area contributed by atoms with Gasteiger partial charge in [-0.05, 0) is 104 Å². The molecule has 1 unspecified atom stereocenters. The maximum Gasteiger partial charge on any atom is 0.155 e. The van der Waals surface area contributed by atoms with E-state index in [4.69, 9.17) is 10.3 Å². The molecule has 32 heavy (non-hydrogen) atoms. The van der Waals surface area contributed by atoms with Gasteiger partial charge in [0.15, 0.2) is 5.78 Å². The van der Waals surface area contributed by atoms with Crippen LogP contribution in [0.25, 0.3) is 10.4 Å². The molecule has 4 aliphatic carbocycles. The lowest BCUT2D eigenvalue weighted by atomic mass is 9.46. The van der Waals surface area contributed by atoms with E-state index >= 15 is 0 Å². The van der Waals surface area contributed by atoms with Crippen molar-refractivity contribution in [1.29, 1.82) is 0 Å². The van der Waals surface area contributed by atoms with Crippen molar-refractivity contribution in [2.24, 2.45) is 45.5 Å². The molecule has 0 bridgehead atoms. The number of fused-ring (bicyclic) bond motifs is 7. The van der Waals surface area contributed by atoms with Crippen molar-refractivity contribution in [2.45, 2.75) is 91.6 Å². The highest BCUT2D eigenvalue weighted by molar-refractivity contribution is 5.91. The average molecular weight is 438 g/mol. The van der Waals surface area contributed by atoms with E-state index in [0.717, 1.165) is 49.9 Å². The van der Waals surface area contributed by atoms with Crippen LogP contribution in [0.2, 0.25) is 0 Å². The van der Waals surface area contributed by atoms with Crippen LogP contribution in [0.4, 0.5) is 0 Å². The predicted octanol–water partition coefficient (Wildman–Crippen LogP) is 7.14. The first-order valence-electron chi connectivity index (χ1n) is 12.9. The molecule has 0 saturated heterocycles. The molecule has 5 heteroatoms. The van der Waals surface area contributed by atoms with E-state index in [0.29, 0.717) is 35.7 Å². The van der Waals surface area contributed by atoms with Gasteiger partial charge in [-0.25, -0.2) is 0 Å². The molecule has 3 saturated carbocycles. The maximum absolute atomic E-state index is 12.1. The van der Waals surface area contributed by atoms with Crippen LogP contribution in [0.1, 0.15) is 85.5 Å². The van der Waals surface area contributed by atoms with Crippen molar-refractivity contribution < 1.29 is 9.53 Å². The second-order valence-electron chi connectivity index (χ2n) is 12.0. The zero-order valence-corrected chi connectivity index (χ0v) is 20.3. The van der Waals surface area contributed by atoms with Crippen LogP contribution in [0, 0.1) is 40.4 Å². The van der Waals surface area contributed by atoms with E-state index in [-0.39, 0.29) is 5.41 Å². The molecule has 0 radical (unpaired) electrons. The number of hydrogen-bond donors (Lipinski definition) is 0. The van der Waals surface area contributed by atoms with Crippen molar-refractivity contribution in [2.75, 3.05) is 6.54 Å². The molecule has 3 fully saturated rings. The Morgan fingerprint density at radius 2 is 2.06 bits per heavy atom. The van der Waals surface area contributed by atoms with Gasteiger partial charge in [-0.3, -0.25) is 4.79 Å². The first kappa shape index (κ1) is 22.1. The molecule has 5 rings (SSSR count). The van der Waals surface area contributed by atoms with Crippen molar-refractivity contribution in [3.8, 4) is 0 Å². The molecule has 5 nitrogen and oxygen atoms in total. The zero-order valence-electron chi connectivity index (χ0n) is 20.3. The normalized spacial score (nSPS) is 43.3. The Kier molecular flexibility index (Phi) is 5.47. The molecular formula is C27H39N3O2. The quantitative estimate of drug-likeness (QED) is 0.260. The number of rotatable bonds is 5. The zero-order chi connectivity index (χ0) is 22.7. The number of ketones is 1. The third kappa shape index (κ3) is 3.26. The summed E-state index contributed by atoms with van der Waals surface area (Å²) >= 11 is 0. The molecule has 0 spiro atoms. The van der Waals surface area contributed by atoms with Crippen molar-refractivity contribution in [1.82, 2.24) is 0 Å². The fraction of sp³-hybridized carbons (Fsp3) is 0.815. The number of allylic oxidation sites excluding steroid dienone is 2. The van der Waals surface area contributed by atoms with Crippen LogP contribution < -0.4 is 0 Å². The minimum Gasteiger partial charge on any atom is -0.494 e. The topological polar surface area (TPSA) is 75.1 Å². The van der Waals surface area contributed by atoms with Gasteiger partial charge in [0.2, 0.25) is 0 Å². The molecule has 5 aliphatic rings. The summed E-state index contributed by atoms with van der Waals surface area (Å²) in [4.78, 5) is 15.0. The van der Waals surface area contributed by atoms with Crippen LogP contribution in [0.15, 0.2) is 28.1 Å². The van der Waals surface area contributed by atoms with Crippen molar-refractivity contribution in [3.63, 3.8) is 0 Å². The number of carbonyl (C=O) groups is 1. The Bertz CT molecular complexity index is 916. The lowest BCUT2D eigenvalue weighted by Crippen LogP contribution is -2.50. The highest BCUT2D eigenvalue weighted by Gasteiger charge is 2.63. The van der Waals surface area contributed by atoms with Crippen LogP contribution in [-0.2, 0) is 9.53 Å². The fourth-order valence-corrected chi connectivity index (χ4v) is 8.79. The van der Waals surface area contributed by atoms with Crippen molar-refractivity contribution >= 4 is 5.78 Å². The summed E-state index contributed by atoms with van der Waals surface area (Å²) in [5.41, 5.74) is 12.1. The molecule has 0 aromatic heterocycles. The lowest BCUT2D eigenvalue weighted by molar-refractivity contribution is -0.117. The number of azide groups is 1. The Balaban J connectivity index is 1.34. The number of ether oxygens (including phenoxy) is 1. The largest absolute Gasteiger partial charge is 0.494 e. The summed E-state index contributed by atoms with van der Waals surface area (Å²) in [6.45, 7) is 10.1. The maximum atomic E-state index is 12.1. The monoisotopic (exact) mass is 437 g/mol. The number of nitrogens with zero attached hydrogens (tertiary/aromatic N) is 3. The number of carbonyl (C=O) groups excluding carboxylic acids is 1. The van der Waals surface area contributed by atoms with Gasteiger partial charge >= 0.3 is 0 Å². The first-order valence-corrected chi connectivity index (χ1v) is 12.9. The minimum absolute atomic E-state index is 0.245. The van der Waals surface area contributed by atoms with Gasteiger partial charge in [0.25, 0.3) is 0 Å². The molecule has 0 N–H and O–H groups in total. The molecule has 8 atom stereocenters. The summed E-state index contributed by atoms with van der Waals surface area (Å²) < 4.78 is 6.66.